The molecule has 0 saturated heterocycles. The second-order valence-electron chi connectivity index (χ2n) is 4.62. The summed E-state index contributed by atoms with van der Waals surface area (Å²) in [6.45, 7) is 0.593. The van der Waals surface area contributed by atoms with Crippen molar-refractivity contribution in [2.75, 3.05) is 6.54 Å². The number of hydrogen-bond donors (Lipinski definition) is 2. The van der Waals surface area contributed by atoms with Gasteiger partial charge in [-0.3, -0.25) is 14.8 Å². The van der Waals surface area contributed by atoms with E-state index < -0.39 is 0 Å². The summed E-state index contributed by atoms with van der Waals surface area (Å²) < 4.78 is 0. The molecule has 2 aromatic heterocycles. The van der Waals surface area contributed by atoms with E-state index in [0.717, 1.165) is 24.2 Å². The Morgan fingerprint density at radius 1 is 1.14 bits per heavy atom. The number of aromatic amines is 1. The molecule has 3 aromatic rings. The van der Waals surface area contributed by atoms with E-state index in [1.165, 1.54) is 0 Å². The number of benzene rings is 1. The standard InChI is InChI=1S/C15H15N5O/c21-15(20-6-2-5-13-17-8-9-18-13)11-3-1-4-12-14(11)19-10-7-16-12/h1,3-4,7-10H,2,5-6H2,(H,17,18)(H,20,21). The highest BCUT2D eigenvalue weighted by Crippen LogP contribution is 2.13. The number of carbonyl (C=O) groups is 1. The van der Waals surface area contributed by atoms with E-state index in [4.69, 9.17) is 0 Å². The average Bonchev–Trinajstić information content (AvgIpc) is 3.04. The Morgan fingerprint density at radius 3 is 2.90 bits per heavy atom. The van der Waals surface area contributed by atoms with Crippen molar-refractivity contribution in [1.82, 2.24) is 25.3 Å². The number of amides is 1. The molecule has 3 rings (SSSR count). The van der Waals surface area contributed by atoms with Gasteiger partial charge in [0.05, 0.1) is 11.1 Å². The average molecular weight is 281 g/mol. The van der Waals surface area contributed by atoms with Crippen molar-refractivity contribution >= 4 is 16.9 Å². The van der Waals surface area contributed by atoms with Gasteiger partial charge in [0.2, 0.25) is 0 Å². The molecule has 106 valence electrons. The maximum atomic E-state index is 12.2. The summed E-state index contributed by atoms with van der Waals surface area (Å²) in [5.41, 5.74) is 1.91. The highest BCUT2D eigenvalue weighted by atomic mass is 16.1. The first-order valence-electron chi connectivity index (χ1n) is 6.81. The molecule has 0 spiro atoms. The van der Waals surface area contributed by atoms with Crippen molar-refractivity contribution in [2.24, 2.45) is 0 Å². The Hall–Kier alpha value is -2.76. The number of aryl methyl sites for hydroxylation is 1. The summed E-state index contributed by atoms with van der Waals surface area (Å²) >= 11 is 0. The van der Waals surface area contributed by atoms with Crippen molar-refractivity contribution in [2.45, 2.75) is 12.8 Å². The van der Waals surface area contributed by atoms with Crippen LogP contribution in [0.1, 0.15) is 22.6 Å². The monoisotopic (exact) mass is 281 g/mol. The number of nitrogens with zero attached hydrogens (tertiary/aromatic N) is 3. The van der Waals surface area contributed by atoms with Crippen LogP contribution in [0.4, 0.5) is 0 Å². The zero-order chi connectivity index (χ0) is 14.5. The minimum atomic E-state index is -0.124. The van der Waals surface area contributed by atoms with Crippen molar-refractivity contribution in [3.8, 4) is 0 Å². The van der Waals surface area contributed by atoms with E-state index >= 15 is 0 Å². The van der Waals surface area contributed by atoms with E-state index in [2.05, 4.69) is 25.3 Å². The highest BCUT2D eigenvalue weighted by Gasteiger charge is 2.10. The molecule has 0 radical (unpaired) electrons. The van der Waals surface area contributed by atoms with Crippen LogP contribution < -0.4 is 5.32 Å². The van der Waals surface area contributed by atoms with E-state index in [0.29, 0.717) is 17.6 Å². The Balaban J connectivity index is 1.62. The molecule has 1 aromatic carbocycles. The van der Waals surface area contributed by atoms with Gasteiger partial charge in [0.1, 0.15) is 11.3 Å². The van der Waals surface area contributed by atoms with Crippen LogP contribution in [0, 0.1) is 0 Å². The van der Waals surface area contributed by atoms with Crippen molar-refractivity contribution in [3.05, 3.63) is 54.4 Å². The van der Waals surface area contributed by atoms with E-state index in [-0.39, 0.29) is 5.91 Å². The lowest BCUT2D eigenvalue weighted by atomic mass is 10.1. The molecule has 0 aliphatic carbocycles. The van der Waals surface area contributed by atoms with Gasteiger partial charge in [-0.1, -0.05) is 6.07 Å². The first-order chi connectivity index (χ1) is 10.3. The fourth-order valence-corrected chi connectivity index (χ4v) is 2.16. The third-order valence-electron chi connectivity index (χ3n) is 3.17. The quantitative estimate of drug-likeness (QED) is 0.697. The van der Waals surface area contributed by atoms with Crippen molar-refractivity contribution in [1.29, 1.82) is 0 Å². The van der Waals surface area contributed by atoms with Crippen molar-refractivity contribution < 1.29 is 4.79 Å². The Kier molecular flexibility index (Phi) is 3.86. The van der Waals surface area contributed by atoms with Crippen molar-refractivity contribution in [3.63, 3.8) is 0 Å². The topological polar surface area (TPSA) is 83.6 Å². The van der Waals surface area contributed by atoms with Gasteiger partial charge < -0.3 is 10.3 Å². The number of nitrogens with one attached hydrogen (secondary N) is 2. The Bertz CT molecular complexity index is 733. The van der Waals surface area contributed by atoms with Gasteiger partial charge in [-0.15, -0.1) is 0 Å². The third-order valence-corrected chi connectivity index (χ3v) is 3.17. The molecule has 6 nitrogen and oxygen atoms in total. The molecule has 21 heavy (non-hydrogen) atoms. The molecule has 0 aliphatic heterocycles. The van der Waals surface area contributed by atoms with Gasteiger partial charge >= 0.3 is 0 Å². The van der Waals surface area contributed by atoms with E-state index in [9.17, 15) is 4.79 Å². The summed E-state index contributed by atoms with van der Waals surface area (Å²) in [5, 5.41) is 2.91. The number of carbonyl (C=O) groups excluding carboxylic acids is 1. The molecule has 0 atom stereocenters. The minimum Gasteiger partial charge on any atom is -0.352 e. The molecular weight excluding hydrogens is 266 g/mol. The molecule has 6 heteroatoms. The fraction of sp³-hybridized carbons (Fsp3) is 0.200. The number of fused-ring (bicyclic) bond motifs is 1. The SMILES string of the molecule is O=C(NCCCc1ncc[nH]1)c1cccc2nccnc12. The summed E-state index contributed by atoms with van der Waals surface area (Å²) in [4.78, 5) is 27.8. The molecule has 0 aliphatic rings. The highest BCUT2D eigenvalue weighted by molar-refractivity contribution is 6.04. The van der Waals surface area contributed by atoms with Crippen LogP contribution in [0.5, 0.6) is 0 Å². The number of rotatable bonds is 5. The number of para-hydroxylation sites is 1. The lowest BCUT2D eigenvalue weighted by Gasteiger charge is -2.06. The van der Waals surface area contributed by atoms with Crippen LogP contribution in [0.3, 0.4) is 0 Å². The lowest BCUT2D eigenvalue weighted by molar-refractivity contribution is 0.0954. The second kappa shape index (κ2) is 6.13. The first kappa shape index (κ1) is 13.2. The molecule has 2 heterocycles. The largest absolute Gasteiger partial charge is 0.352 e. The first-order valence-corrected chi connectivity index (χ1v) is 6.81. The maximum absolute atomic E-state index is 12.2. The predicted octanol–water partition coefficient (Wildman–Crippen LogP) is 1.72. The number of imidazole rings is 1. The lowest BCUT2D eigenvalue weighted by Crippen LogP contribution is -2.25. The molecular formula is C15H15N5O. The fourth-order valence-electron chi connectivity index (χ4n) is 2.16. The molecule has 1 amide bonds. The van der Waals surface area contributed by atoms with Gasteiger partial charge in [0.25, 0.3) is 5.91 Å². The smallest absolute Gasteiger partial charge is 0.253 e. The van der Waals surface area contributed by atoms with Crippen LogP contribution in [0.15, 0.2) is 43.0 Å². The molecule has 0 unspecified atom stereocenters. The van der Waals surface area contributed by atoms with Crippen LogP contribution in [0.25, 0.3) is 11.0 Å². The molecule has 0 bridgehead atoms. The van der Waals surface area contributed by atoms with E-state index in [1.54, 1.807) is 30.9 Å². The van der Waals surface area contributed by atoms with Crippen LogP contribution in [-0.4, -0.2) is 32.4 Å². The zero-order valence-electron chi connectivity index (χ0n) is 11.4. The maximum Gasteiger partial charge on any atom is 0.253 e. The predicted molar refractivity (Wildman–Crippen MR) is 78.8 cm³/mol. The van der Waals surface area contributed by atoms with Crippen LogP contribution in [-0.2, 0) is 6.42 Å². The molecule has 0 saturated carbocycles. The minimum absolute atomic E-state index is 0.124. The van der Waals surface area contributed by atoms with Gasteiger partial charge in [-0.2, -0.15) is 0 Å². The summed E-state index contributed by atoms with van der Waals surface area (Å²) in [7, 11) is 0. The summed E-state index contributed by atoms with van der Waals surface area (Å²) in [6, 6.07) is 5.42. The molecule has 0 fully saturated rings. The number of H-pyrrole nitrogens is 1. The number of hydrogen-bond acceptors (Lipinski definition) is 4. The molecule has 2 N–H and O–H groups in total. The van der Waals surface area contributed by atoms with Gasteiger partial charge in [0, 0.05) is 37.8 Å². The third kappa shape index (κ3) is 3.05. The van der Waals surface area contributed by atoms with Gasteiger partial charge in [0.15, 0.2) is 0 Å². The summed E-state index contributed by atoms with van der Waals surface area (Å²) in [6.07, 6.45) is 8.37. The Labute approximate surface area is 121 Å². The zero-order valence-corrected chi connectivity index (χ0v) is 11.4. The second-order valence-corrected chi connectivity index (χ2v) is 4.62. The van der Waals surface area contributed by atoms with Crippen LogP contribution >= 0.6 is 0 Å². The number of aromatic nitrogens is 4. The normalized spacial score (nSPS) is 10.7. The Morgan fingerprint density at radius 2 is 2.05 bits per heavy atom. The summed E-state index contributed by atoms with van der Waals surface area (Å²) in [5.74, 6) is 0.806. The van der Waals surface area contributed by atoms with Gasteiger partial charge in [-0.05, 0) is 18.6 Å². The van der Waals surface area contributed by atoms with Gasteiger partial charge in [-0.25, -0.2) is 4.98 Å². The van der Waals surface area contributed by atoms with Crippen LogP contribution in [0.2, 0.25) is 0 Å². The van der Waals surface area contributed by atoms with E-state index in [1.807, 2.05) is 12.1 Å².